The van der Waals surface area contributed by atoms with Gasteiger partial charge >= 0.3 is 0 Å². The van der Waals surface area contributed by atoms with Crippen molar-refractivity contribution in [3.63, 3.8) is 0 Å². The molecule has 0 radical (unpaired) electrons. The van der Waals surface area contributed by atoms with Crippen molar-refractivity contribution in [2.45, 2.75) is 65.3 Å². The highest BCUT2D eigenvalue weighted by Gasteiger charge is 2.26. The first-order chi connectivity index (χ1) is 17.0. The van der Waals surface area contributed by atoms with Crippen LogP contribution in [0.4, 0.5) is 5.69 Å². The summed E-state index contributed by atoms with van der Waals surface area (Å²) in [6.45, 7) is 14.6. The molecule has 4 rings (SSSR count). The van der Waals surface area contributed by atoms with Crippen molar-refractivity contribution in [1.29, 1.82) is 0 Å². The molecular formula is C30H40N4O. The third-order valence-corrected chi connectivity index (χ3v) is 7.51. The smallest absolute Gasteiger partial charge is 0.272 e. The van der Waals surface area contributed by atoms with Gasteiger partial charge in [0.05, 0.1) is 0 Å². The van der Waals surface area contributed by atoms with E-state index < -0.39 is 0 Å². The predicted molar refractivity (Wildman–Crippen MR) is 146 cm³/mol. The monoisotopic (exact) mass is 472 g/mol. The zero-order valence-corrected chi connectivity index (χ0v) is 21.7. The van der Waals surface area contributed by atoms with Crippen LogP contribution in [0.15, 0.2) is 54.2 Å². The maximum atomic E-state index is 13.1. The van der Waals surface area contributed by atoms with E-state index in [1.165, 1.54) is 29.7 Å². The van der Waals surface area contributed by atoms with Gasteiger partial charge in [0.2, 0.25) is 0 Å². The molecule has 186 valence electrons. The Hall–Kier alpha value is -2.95. The fourth-order valence-corrected chi connectivity index (χ4v) is 5.31. The number of benzene rings is 1. The van der Waals surface area contributed by atoms with Gasteiger partial charge in [-0.25, -0.2) is 0 Å². The molecule has 1 aromatic heterocycles. The summed E-state index contributed by atoms with van der Waals surface area (Å²) in [7, 11) is 0. The Labute approximate surface area is 211 Å². The molecule has 1 aromatic carbocycles. The molecule has 2 aliphatic rings. The van der Waals surface area contributed by atoms with Crippen LogP contribution in [0.5, 0.6) is 0 Å². The number of aliphatic imine (C=N–C) groups is 1. The maximum Gasteiger partial charge on any atom is 0.272 e. The van der Waals surface area contributed by atoms with E-state index in [4.69, 9.17) is 4.99 Å². The minimum Gasteiger partial charge on any atom is -0.372 e. The quantitative estimate of drug-likeness (QED) is 0.427. The van der Waals surface area contributed by atoms with Gasteiger partial charge in [0.1, 0.15) is 5.69 Å². The normalized spacial score (nSPS) is 18.1. The topological polar surface area (TPSA) is 48.8 Å². The number of anilines is 1. The van der Waals surface area contributed by atoms with Crippen LogP contribution in [0.2, 0.25) is 0 Å². The van der Waals surface area contributed by atoms with Gasteiger partial charge in [0.15, 0.2) is 0 Å². The number of piperidine rings is 1. The van der Waals surface area contributed by atoms with Crippen molar-refractivity contribution in [3.8, 4) is 0 Å². The van der Waals surface area contributed by atoms with Gasteiger partial charge in [-0.05, 0) is 87.3 Å². The van der Waals surface area contributed by atoms with Gasteiger partial charge < -0.3 is 9.80 Å². The lowest BCUT2D eigenvalue weighted by atomic mass is 9.86. The summed E-state index contributed by atoms with van der Waals surface area (Å²) >= 11 is 0. The molecule has 0 saturated carbocycles. The zero-order chi connectivity index (χ0) is 24.8. The third kappa shape index (κ3) is 6.19. The summed E-state index contributed by atoms with van der Waals surface area (Å²) in [5.74, 6) is 0.431. The number of aromatic nitrogens is 1. The molecule has 1 amide bonds. The highest BCUT2D eigenvalue weighted by Crippen LogP contribution is 2.32. The van der Waals surface area contributed by atoms with Gasteiger partial charge in [0.25, 0.3) is 5.91 Å². The number of likely N-dealkylation sites (tertiary alicyclic amines) is 1. The fourth-order valence-electron chi connectivity index (χ4n) is 5.31. The van der Waals surface area contributed by atoms with Crippen LogP contribution >= 0.6 is 0 Å². The Kier molecular flexibility index (Phi) is 8.37. The number of nitrogens with zero attached hydrogens (tertiary/aromatic N) is 4. The maximum absolute atomic E-state index is 13.1. The summed E-state index contributed by atoms with van der Waals surface area (Å²) in [5.41, 5.74) is 6.20. The average Bonchev–Trinajstić information content (AvgIpc) is 3.43. The Morgan fingerprint density at radius 2 is 1.71 bits per heavy atom. The summed E-state index contributed by atoms with van der Waals surface area (Å²) in [6, 6.07) is 13.0. The Morgan fingerprint density at radius 3 is 2.31 bits per heavy atom. The Morgan fingerprint density at radius 1 is 1.06 bits per heavy atom. The molecule has 0 aliphatic carbocycles. The molecule has 2 aliphatic heterocycles. The molecule has 0 spiro atoms. The van der Waals surface area contributed by atoms with E-state index in [2.05, 4.69) is 54.6 Å². The van der Waals surface area contributed by atoms with E-state index in [1.807, 2.05) is 24.0 Å². The summed E-state index contributed by atoms with van der Waals surface area (Å²) in [5, 5.41) is 0. The first kappa shape index (κ1) is 25.2. The van der Waals surface area contributed by atoms with Crippen LogP contribution in [0.1, 0.15) is 80.9 Å². The Bertz CT molecular complexity index is 1030. The second kappa shape index (κ2) is 11.7. The van der Waals surface area contributed by atoms with Gasteiger partial charge in [-0.2, -0.15) is 0 Å². The lowest BCUT2D eigenvalue weighted by Crippen LogP contribution is -2.39. The molecule has 0 bridgehead atoms. The average molecular weight is 473 g/mol. The third-order valence-electron chi connectivity index (χ3n) is 7.51. The summed E-state index contributed by atoms with van der Waals surface area (Å²) < 4.78 is 0. The number of amides is 1. The van der Waals surface area contributed by atoms with Crippen LogP contribution in [0, 0.1) is 5.92 Å². The fraction of sp³-hybridized carbons (Fsp3) is 0.500. The molecule has 5 heteroatoms. The molecule has 35 heavy (non-hydrogen) atoms. The summed E-state index contributed by atoms with van der Waals surface area (Å²) in [4.78, 5) is 26.7. The van der Waals surface area contributed by atoms with Crippen molar-refractivity contribution in [1.82, 2.24) is 9.88 Å². The first-order valence-electron chi connectivity index (χ1n) is 13.3. The molecule has 2 saturated heterocycles. The van der Waals surface area contributed by atoms with Gasteiger partial charge in [-0.3, -0.25) is 14.8 Å². The predicted octanol–water partition coefficient (Wildman–Crippen LogP) is 6.25. The number of allylic oxidation sites excluding steroid dienone is 1. The zero-order valence-electron chi connectivity index (χ0n) is 21.7. The van der Waals surface area contributed by atoms with Gasteiger partial charge in [0, 0.05) is 55.4 Å². The van der Waals surface area contributed by atoms with Crippen molar-refractivity contribution in [2.75, 3.05) is 31.1 Å². The molecule has 1 atom stereocenters. The lowest BCUT2D eigenvalue weighted by Gasteiger charge is -2.33. The van der Waals surface area contributed by atoms with E-state index in [1.54, 1.807) is 6.20 Å². The first-order valence-corrected chi connectivity index (χ1v) is 13.3. The van der Waals surface area contributed by atoms with Gasteiger partial charge in [-0.1, -0.05) is 32.1 Å². The highest BCUT2D eigenvalue weighted by molar-refractivity contribution is 5.99. The largest absolute Gasteiger partial charge is 0.372 e. The second-order valence-corrected chi connectivity index (χ2v) is 10.1. The second-order valence-electron chi connectivity index (χ2n) is 10.1. The molecule has 0 N–H and O–H groups in total. The highest BCUT2D eigenvalue weighted by atomic mass is 16.2. The molecule has 5 nitrogen and oxygen atoms in total. The standard InChI is InChI=1S/C30H40N4O/c1-5-8-22(2)32-24(4)27-11-14-29(31-21-27)30(35)34-19-15-26(16-20-34)23(3)25-9-12-28(13-10-25)33-17-6-7-18-33/h9-14,21-22,26H,3,5-8,15-20H2,1-2,4H3. The SMILES string of the molecule is C=C(c1ccc(N2CCCC2)cc1)C1CCN(C(=O)c2ccc(C(C)=NC(C)CCC)cn2)CC1. The van der Waals surface area contributed by atoms with Crippen LogP contribution in [0.25, 0.3) is 5.57 Å². The molecule has 3 heterocycles. The number of rotatable bonds is 8. The van der Waals surface area contributed by atoms with Crippen molar-refractivity contribution < 1.29 is 4.79 Å². The number of hydrogen-bond donors (Lipinski definition) is 0. The molecule has 2 fully saturated rings. The van der Waals surface area contributed by atoms with E-state index in [0.717, 1.165) is 63.1 Å². The van der Waals surface area contributed by atoms with E-state index in [0.29, 0.717) is 17.7 Å². The molecular weight excluding hydrogens is 432 g/mol. The lowest BCUT2D eigenvalue weighted by molar-refractivity contribution is 0.0702. The number of carbonyl (C=O) groups excluding carboxylic acids is 1. The van der Waals surface area contributed by atoms with E-state index >= 15 is 0 Å². The van der Waals surface area contributed by atoms with Crippen LogP contribution < -0.4 is 4.90 Å². The molecule has 1 unspecified atom stereocenters. The van der Waals surface area contributed by atoms with E-state index in [-0.39, 0.29) is 5.91 Å². The minimum absolute atomic E-state index is 0.0181. The van der Waals surface area contributed by atoms with Crippen molar-refractivity contribution >= 4 is 22.9 Å². The number of pyridine rings is 1. The number of hydrogen-bond acceptors (Lipinski definition) is 4. The van der Waals surface area contributed by atoms with Crippen molar-refractivity contribution in [3.05, 3.63) is 66.0 Å². The van der Waals surface area contributed by atoms with Crippen LogP contribution in [0.3, 0.4) is 0 Å². The van der Waals surface area contributed by atoms with Crippen molar-refractivity contribution in [2.24, 2.45) is 10.9 Å². The van der Waals surface area contributed by atoms with Crippen LogP contribution in [-0.2, 0) is 0 Å². The number of carbonyl (C=O) groups is 1. The Balaban J connectivity index is 1.31. The molecule has 2 aromatic rings. The summed E-state index contributed by atoms with van der Waals surface area (Å²) in [6.07, 6.45) is 8.45. The van der Waals surface area contributed by atoms with E-state index in [9.17, 15) is 4.79 Å². The minimum atomic E-state index is 0.0181. The van der Waals surface area contributed by atoms with Crippen LogP contribution in [-0.4, -0.2) is 53.7 Å². The van der Waals surface area contributed by atoms with Gasteiger partial charge in [-0.15, -0.1) is 0 Å².